The summed E-state index contributed by atoms with van der Waals surface area (Å²) in [7, 11) is 0. The van der Waals surface area contributed by atoms with Crippen LogP contribution in [0.2, 0.25) is 5.15 Å². The summed E-state index contributed by atoms with van der Waals surface area (Å²) in [6.45, 7) is 0. The van der Waals surface area contributed by atoms with E-state index in [4.69, 9.17) is 16.7 Å². The molecule has 0 bridgehead atoms. The van der Waals surface area contributed by atoms with Gasteiger partial charge in [-0.15, -0.1) is 0 Å². The predicted octanol–water partition coefficient (Wildman–Crippen LogP) is 1.52. The van der Waals surface area contributed by atoms with E-state index in [2.05, 4.69) is 25.9 Å². The third-order valence-corrected chi connectivity index (χ3v) is 1.78. The van der Waals surface area contributed by atoms with Gasteiger partial charge in [-0.2, -0.15) is 0 Å². The minimum Gasteiger partial charge on any atom is -0.481 e. The molecule has 0 saturated heterocycles. The Balaban J connectivity index is 2.97. The van der Waals surface area contributed by atoms with Crippen LogP contribution in [0.15, 0.2) is 10.8 Å². The highest BCUT2D eigenvalue weighted by Gasteiger charge is 2.08. The minimum absolute atomic E-state index is 0.126. The van der Waals surface area contributed by atoms with E-state index in [1.54, 1.807) is 0 Å². The molecular formula is C6H4BrClN2O2. The van der Waals surface area contributed by atoms with Crippen LogP contribution < -0.4 is 0 Å². The van der Waals surface area contributed by atoms with Gasteiger partial charge in [-0.1, -0.05) is 11.6 Å². The average Bonchev–Trinajstić information content (AvgIpc) is 1.96. The van der Waals surface area contributed by atoms with Crippen molar-refractivity contribution in [2.24, 2.45) is 0 Å². The summed E-state index contributed by atoms with van der Waals surface area (Å²) >= 11 is 8.64. The maximum atomic E-state index is 10.3. The van der Waals surface area contributed by atoms with Gasteiger partial charge in [0.25, 0.3) is 0 Å². The lowest BCUT2D eigenvalue weighted by Crippen LogP contribution is -2.04. The topological polar surface area (TPSA) is 63.1 Å². The molecule has 0 aliphatic heterocycles. The quantitative estimate of drug-likeness (QED) is 0.865. The van der Waals surface area contributed by atoms with Crippen LogP contribution in [0.4, 0.5) is 0 Å². The standard InChI is InChI=1S/C6H4BrClN2O2/c7-4-2-9-6(8)3(10-4)1-5(11)12/h2H,1H2,(H,11,12). The van der Waals surface area contributed by atoms with Crippen molar-refractivity contribution in [3.8, 4) is 0 Å². The van der Waals surface area contributed by atoms with E-state index in [1.807, 2.05) is 0 Å². The van der Waals surface area contributed by atoms with Gasteiger partial charge in [0, 0.05) is 0 Å². The minimum atomic E-state index is -0.982. The van der Waals surface area contributed by atoms with Gasteiger partial charge in [0.1, 0.15) is 4.60 Å². The fourth-order valence-corrected chi connectivity index (χ4v) is 1.12. The van der Waals surface area contributed by atoms with Crippen molar-refractivity contribution in [1.29, 1.82) is 0 Å². The number of aliphatic carboxylic acids is 1. The first kappa shape index (κ1) is 9.41. The number of rotatable bonds is 2. The van der Waals surface area contributed by atoms with E-state index in [-0.39, 0.29) is 17.3 Å². The summed E-state index contributed by atoms with van der Waals surface area (Å²) < 4.78 is 0.475. The van der Waals surface area contributed by atoms with Gasteiger partial charge in [-0.05, 0) is 15.9 Å². The van der Waals surface area contributed by atoms with Crippen LogP contribution in [0, 0.1) is 0 Å². The van der Waals surface area contributed by atoms with Crippen molar-refractivity contribution in [3.63, 3.8) is 0 Å². The second-order valence-corrected chi connectivity index (χ2v) is 3.17. The molecule has 12 heavy (non-hydrogen) atoms. The molecule has 0 aliphatic rings. The van der Waals surface area contributed by atoms with E-state index < -0.39 is 5.97 Å². The molecule has 0 aliphatic carbocycles. The van der Waals surface area contributed by atoms with Crippen molar-refractivity contribution < 1.29 is 9.90 Å². The largest absolute Gasteiger partial charge is 0.481 e. The van der Waals surface area contributed by atoms with E-state index in [9.17, 15) is 4.79 Å². The lowest BCUT2D eigenvalue weighted by Gasteiger charge is -1.98. The van der Waals surface area contributed by atoms with E-state index in [0.29, 0.717) is 4.60 Å². The molecule has 0 atom stereocenters. The number of carboxylic acid groups (broad SMARTS) is 1. The van der Waals surface area contributed by atoms with Crippen LogP contribution in [0.3, 0.4) is 0 Å². The lowest BCUT2D eigenvalue weighted by atomic mass is 10.3. The maximum absolute atomic E-state index is 10.3. The Morgan fingerprint density at radius 1 is 1.75 bits per heavy atom. The van der Waals surface area contributed by atoms with Crippen LogP contribution in [-0.2, 0) is 11.2 Å². The Morgan fingerprint density at radius 2 is 2.42 bits per heavy atom. The highest BCUT2D eigenvalue weighted by Crippen LogP contribution is 2.13. The van der Waals surface area contributed by atoms with E-state index in [1.165, 1.54) is 6.20 Å². The molecule has 6 heteroatoms. The van der Waals surface area contributed by atoms with Gasteiger partial charge in [0.05, 0.1) is 18.3 Å². The third-order valence-electron chi connectivity index (χ3n) is 1.08. The van der Waals surface area contributed by atoms with Crippen molar-refractivity contribution >= 4 is 33.5 Å². The smallest absolute Gasteiger partial charge is 0.309 e. The van der Waals surface area contributed by atoms with Crippen LogP contribution in [0.1, 0.15) is 5.69 Å². The zero-order valence-corrected chi connectivity index (χ0v) is 8.13. The van der Waals surface area contributed by atoms with Gasteiger partial charge >= 0.3 is 5.97 Å². The van der Waals surface area contributed by atoms with Gasteiger partial charge < -0.3 is 5.11 Å². The SMILES string of the molecule is O=C(O)Cc1nc(Br)cnc1Cl. The Morgan fingerprint density at radius 3 is 3.00 bits per heavy atom. The predicted molar refractivity (Wildman–Crippen MR) is 46.1 cm³/mol. The molecule has 0 fully saturated rings. The maximum Gasteiger partial charge on any atom is 0.309 e. The first-order valence-corrected chi connectivity index (χ1v) is 4.15. The number of hydrogen-bond donors (Lipinski definition) is 1. The van der Waals surface area contributed by atoms with Crippen LogP contribution in [-0.4, -0.2) is 21.0 Å². The number of carbonyl (C=O) groups is 1. The second kappa shape index (κ2) is 3.82. The summed E-state index contributed by atoms with van der Waals surface area (Å²) in [5.41, 5.74) is 0.263. The molecule has 0 aromatic carbocycles. The molecule has 0 unspecified atom stereocenters. The zero-order valence-electron chi connectivity index (χ0n) is 5.79. The molecule has 1 heterocycles. The van der Waals surface area contributed by atoms with Gasteiger partial charge in [-0.25, -0.2) is 9.97 Å². The first-order chi connectivity index (χ1) is 5.59. The molecule has 64 valence electrons. The molecule has 0 radical (unpaired) electrons. The Hall–Kier alpha value is -0.680. The molecule has 1 aromatic heterocycles. The Kier molecular flexibility index (Phi) is 2.99. The van der Waals surface area contributed by atoms with Gasteiger partial charge in [-0.3, -0.25) is 4.79 Å². The van der Waals surface area contributed by atoms with E-state index in [0.717, 1.165) is 0 Å². The number of aromatic nitrogens is 2. The highest BCUT2D eigenvalue weighted by molar-refractivity contribution is 9.10. The third kappa shape index (κ3) is 2.42. The average molecular weight is 251 g/mol. The van der Waals surface area contributed by atoms with Crippen molar-refractivity contribution in [2.45, 2.75) is 6.42 Å². The normalized spacial score (nSPS) is 9.83. The summed E-state index contributed by atoms with van der Waals surface area (Å²) in [5, 5.41) is 8.57. The molecule has 0 spiro atoms. The lowest BCUT2D eigenvalue weighted by molar-refractivity contribution is -0.136. The fourth-order valence-electron chi connectivity index (χ4n) is 0.644. The van der Waals surface area contributed by atoms with E-state index >= 15 is 0 Å². The molecule has 1 rings (SSSR count). The number of hydrogen-bond acceptors (Lipinski definition) is 3. The number of carboxylic acids is 1. The Bertz CT molecular complexity index is 318. The molecule has 1 N–H and O–H groups in total. The summed E-state index contributed by atoms with van der Waals surface area (Å²) in [5.74, 6) is -0.982. The first-order valence-electron chi connectivity index (χ1n) is 2.98. The highest BCUT2D eigenvalue weighted by atomic mass is 79.9. The van der Waals surface area contributed by atoms with Gasteiger partial charge in [0.2, 0.25) is 0 Å². The number of nitrogens with zero attached hydrogens (tertiary/aromatic N) is 2. The number of halogens is 2. The van der Waals surface area contributed by atoms with Gasteiger partial charge in [0.15, 0.2) is 5.15 Å². The van der Waals surface area contributed by atoms with Crippen molar-refractivity contribution in [2.75, 3.05) is 0 Å². The summed E-state index contributed by atoms with van der Waals surface area (Å²) in [4.78, 5) is 17.9. The van der Waals surface area contributed by atoms with Crippen LogP contribution >= 0.6 is 27.5 Å². The van der Waals surface area contributed by atoms with Crippen LogP contribution in [0.5, 0.6) is 0 Å². The van der Waals surface area contributed by atoms with Crippen molar-refractivity contribution in [1.82, 2.24) is 9.97 Å². The molecule has 0 amide bonds. The van der Waals surface area contributed by atoms with Crippen molar-refractivity contribution in [3.05, 3.63) is 21.6 Å². The second-order valence-electron chi connectivity index (χ2n) is 2.00. The molecular weight excluding hydrogens is 247 g/mol. The molecule has 4 nitrogen and oxygen atoms in total. The monoisotopic (exact) mass is 250 g/mol. The Labute approximate surface area is 81.7 Å². The molecule has 0 saturated carbocycles. The summed E-state index contributed by atoms with van der Waals surface area (Å²) in [6.07, 6.45) is 1.19. The summed E-state index contributed by atoms with van der Waals surface area (Å²) in [6, 6.07) is 0. The zero-order chi connectivity index (χ0) is 9.14. The fraction of sp³-hybridized carbons (Fsp3) is 0.167. The molecule has 1 aromatic rings. The van der Waals surface area contributed by atoms with Crippen LogP contribution in [0.25, 0.3) is 0 Å².